The van der Waals surface area contributed by atoms with Crippen LogP contribution >= 0.6 is 0 Å². The number of nitrogens with one attached hydrogen (secondary N) is 1. The Balaban J connectivity index is 1.71. The maximum atomic E-state index is 12.5. The van der Waals surface area contributed by atoms with Crippen molar-refractivity contribution in [3.05, 3.63) is 59.7 Å². The minimum Gasteiger partial charge on any atom is -0.326 e. The number of amides is 2. The third-order valence-electron chi connectivity index (χ3n) is 4.31. The predicted molar refractivity (Wildman–Crippen MR) is 98.4 cm³/mol. The Hall–Kier alpha value is -2.67. The Morgan fingerprint density at radius 2 is 1.73 bits per heavy atom. The molecule has 3 rings (SSSR count). The molecule has 0 atom stereocenters. The van der Waals surface area contributed by atoms with Gasteiger partial charge in [-0.1, -0.05) is 44.2 Å². The van der Waals surface area contributed by atoms with E-state index in [0.717, 1.165) is 9.87 Å². The molecule has 26 heavy (non-hydrogen) atoms. The highest BCUT2D eigenvalue weighted by Gasteiger charge is 2.40. The maximum Gasteiger partial charge on any atom is 0.269 e. The van der Waals surface area contributed by atoms with Crippen LogP contribution in [-0.4, -0.2) is 31.1 Å². The molecule has 1 N–H and O–H groups in total. The van der Waals surface area contributed by atoms with E-state index in [1.165, 1.54) is 12.1 Å². The summed E-state index contributed by atoms with van der Waals surface area (Å²) in [7, 11) is -3.88. The van der Waals surface area contributed by atoms with Crippen LogP contribution in [0.3, 0.4) is 0 Å². The summed E-state index contributed by atoms with van der Waals surface area (Å²) >= 11 is 0. The normalized spacial score (nSPS) is 15.2. The lowest BCUT2D eigenvalue weighted by atomic mass is 10.0. The highest BCUT2D eigenvalue weighted by Crippen LogP contribution is 2.30. The molecule has 0 aromatic heterocycles. The Bertz CT molecular complexity index is 967. The number of hydrogen-bond donors (Lipinski definition) is 1. The molecule has 2 amide bonds. The SMILES string of the molecule is CC(C)c1ccccc1NC(=O)CCN1C(=O)c2ccccc2S1(=O)=O. The summed E-state index contributed by atoms with van der Waals surface area (Å²) < 4.78 is 25.7. The minimum absolute atomic E-state index is 0.00411. The van der Waals surface area contributed by atoms with Crippen LogP contribution in [0, 0.1) is 0 Å². The van der Waals surface area contributed by atoms with Crippen molar-refractivity contribution >= 4 is 27.5 Å². The molecule has 2 aromatic carbocycles. The summed E-state index contributed by atoms with van der Waals surface area (Å²) in [5.41, 5.74) is 1.85. The van der Waals surface area contributed by atoms with Crippen molar-refractivity contribution < 1.29 is 18.0 Å². The number of fused-ring (bicyclic) bond motifs is 1. The van der Waals surface area contributed by atoms with Crippen LogP contribution in [0.15, 0.2) is 53.4 Å². The molecule has 1 aliphatic heterocycles. The molecule has 0 spiro atoms. The van der Waals surface area contributed by atoms with Gasteiger partial charge in [-0.25, -0.2) is 12.7 Å². The highest BCUT2D eigenvalue weighted by molar-refractivity contribution is 7.90. The number of carbonyl (C=O) groups excluding carboxylic acids is 2. The molecule has 0 saturated carbocycles. The number of nitrogens with zero attached hydrogens (tertiary/aromatic N) is 1. The maximum absolute atomic E-state index is 12.5. The number of rotatable bonds is 5. The van der Waals surface area contributed by atoms with E-state index < -0.39 is 15.9 Å². The molecular formula is C19H20N2O4S. The van der Waals surface area contributed by atoms with Crippen molar-refractivity contribution in [1.29, 1.82) is 0 Å². The molecule has 1 aliphatic rings. The van der Waals surface area contributed by atoms with Crippen molar-refractivity contribution in [1.82, 2.24) is 4.31 Å². The van der Waals surface area contributed by atoms with Crippen LogP contribution in [0.2, 0.25) is 0 Å². The minimum atomic E-state index is -3.88. The van der Waals surface area contributed by atoms with Gasteiger partial charge in [-0.3, -0.25) is 9.59 Å². The number of sulfonamides is 1. The van der Waals surface area contributed by atoms with Gasteiger partial charge in [0.15, 0.2) is 0 Å². The lowest BCUT2D eigenvalue weighted by Crippen LogP contribution is -2.33. The molecule has 0 aliphatic carbocycles. The molecule has 0 bridgehead atoms. The fraction of sp³-hybridized carbons (Fsp3) is 0.263. The Morgan fingerprint density at radius 3 is 2.42 bits per heavy atom. The fourth-order valence-corrected chi connectivity index (χ4v) is 4.55. The lowest BCUT2D eigenvalue weighted by Gasteiger charge is -2.16. The van der Waals surface area contributed by atoms with E-state index in [4.69, 9.17) is 0 Å². The summed E-state index contributed by atoms with van der Waals surface area (Å²) in [6.07, 6.45) is -0.106. The van der Waals surface area contributed by atoms with Gasteiger partial charge in [0.25, 0.3) is 15.9 Å². The van der Waals surface area contributed by atoms with E-state index in [0.29, 0.717) is 5.69 Å². The lowest BCUT2D eigenvalue weighted by molar-refractivity contribution is -0.116. The predicted octanol–water partition coefficient (Wildman–Crippen LogP) is 2.98. The van der Waals surface area contributed by atoms with Gasteiger partial charge in [-0.05, 0) is 29.7 Å². The standard InChI is InChI=1S/C19H20N2O4S/c1-13(2)14-7-3-5-9-16(14)20-18(22)11-12-21-19(23)15-8-4-6-10-17(15)26(21,24)25/h3-10,13H,11-12H2,1-2H3,(H,20,22). The molecule has 0 unspecified atom stereocenters. The van der Waals surface area contributed by atoms with Gasteiger partial charge < -0.3 is 5.32 Å². The summed E-state index contributed by atoms with van der Waals surface area (Å²) in [6.45, 7) is 3.86. The summed E-state index contributed by atoms with van der Waals surface area (Å²) in [4.78, 5) is 24.6. The summed E-state index contributed by atoms with van der Waals surface area (Å²) in [6, 6.07) is 13.5. The zero-order chi connectivity index (χ0) is 18.9. The van der Waals surface area contributed by atoms with Gasteiger partial charge >= 0.3 is 0 Å². The van der Waals surface area contributed by atoms with Crippen molar-refractivity contribution in [2.24, 2.45) is 0 Å². The molecule has 136 valence electrons. The number of hydrogen-bond acceptors (Lipinski definition) is 4. The third-order valence-corrected chi connectivity index (χ3v) is 6.15. The van der Waals surface area contributed by atoms with Crippen LogP contribution in [0.25, 0.3) is 0 Å². The molecule has 0 fully saturated rings. The Kier molecular flexibility index (Phi) is 4.82. The first kappa shape index (κ1) is 18.1. The second kappa shape index (κ2) is 6.92. The first-order chi connectivity index (χ1) is 12.3. The Morgan fingerprint density at radius 1 is 1.08 bits per heavy atom. The van der Waals surface area contributed by atoms with Crippen LogP contribution in [0.1, 0.15) is 42.1 Å². The second-order valence-corrected chi connectivity index (χ2v) is 8.25. The van der Waals surface area contributed by atoms with Crippen LogP contribution in [0.4, 0.5) is 5.69 Å². The fourth-order valence-electron chi connectivity index (χ4n) is 2.98. The second-order valence-electron chi connectivity index (χ2n) is 6.42. The molecular weight excluding hydrogens is 352 g/mol. The van der Waals surface area contributed by atoms with Gasteiger partial charge in [0.1, 0.15) is 4.90 Å². The van der Waals surface area contributed by atoms with E-state index in [2.05, 4.69) is 5.32 Å². The first-order valence-electron chi connectivity index (χ1n) is 8.37. The number of carbonyl (C=O) groups is 2. The van der Waals surface area contributed by atoms with E-state index in [9.17, 15) is 18.0 Å². The molecule has 1 heterocycles. The van der Waals surface area contributed by atoms with Crippen molar-refractivity contribution in [2.45, 2.75) is 31.1 Å². The number of anilines is 1. The number of para-hydroxylation sites is 1. The van der Waals surface area contributed by atoms with Gasteiger partial charge in [0.2, 0.25) is 5.91 Å². The van der Waals surface area contributed by atoms with Gasteiger partial charge in [-0.15, -0.1) is 0 Å². The monoisotopic (exact) mass is 372 g/mol. The molecule has 0 saturated heterocycles. The van der Waals surface area contributed by atoms with E-state index in [-0.39, 0.29) is 35.2 Å². The van der Waals surface area contributed by atoms with Gasteiger partial charge in [0.05, 0.1) is 5.56 Å². The van der Waals surface area contributed by atoms with Crippen molar-refractivity contribution in [3.8, 4) is 0 Å². The first-order valence-corrected chi connectivity index (χ1v) is 9.81. The van der Waals surface area contributed by atoms with E-state index >= 15 is 0 Å². The zero-order valence-corrected chi connectivity index (χ0v) is 15.4. The van der Waals surface area contributed by atoms with Crippen LogP contribution in [-0.2, 0) is 14.8 Å². The third kappa shape index (κ3) is 3.22. The summed E-state index contributed by atoms with van der Waals surface area (Å²) in [5, 5.41) is 2.81. The van der Waals surface area contributed by atoms with Crippen molar-refractivity contribution in [3.63, 3.8) is 0 Å². The van der Waals surface area contributed by atoms with Crippen molar-refractivity contribution in [2.75, 3.05) is 11.9 Å². The molecule has 2 aromatic rings. The smallest absolute Gasteiger partial charge is 0.269 e. The molecule has 7 heteroatoms. The largest absolute Gasteiger partial charge is 0.326 e. The van der Waals surface area contributed by atoms with Gasteiger partial charge in [-0.2, -0.15) is 0 Å². The average Bonchev–Trinajstić information content (AvgIpc) is 2.80. The molecule has 0 radical (unpaired) electrons. The van der Waals surface area contributed by atoms with E-state index in [1.54, 1.807) is 18.2 Å². The molecule has 6 nitrogen and oxygen atoms in total. The average molecular weight is 372 g/mol. The van der Waals surface area contributed by atoms with Crippen LogP contribution < -0.4 is 5.32 Å². The van der Waals surface area contributed by atoms with Crippen LogP contribution in [0.5, 0.6) is 0 Å². The summed E-state index contributed by atoms with van der Waals surface area (Å²) in [5.74, 6) is -0.686. The zero-order valence-electron chi connectivity index (χ0n) is 14.6. The Labute approximate surface area is 152 Å². The van der Waals surface area contributed by atoms with Gasteiger partial charge in [0, 0.05) is 18.7 Å². The van der Waals surface area contributed by atoms with E-state index in [1.807, 2.05) is 32.0 Å². The number of benzene rings is 2. The topological polar surface area (TPSA) is 83.6 Å². The quantitative estimate of drug-likeness (QED) is 0.874. The highest BCUT2D eigenvalue weighted by atomic mass is 32.2.